The fourth-order valence-corrected chi connectivity index (χ4v) is 1.91. The van der Waals surface area contributed by atoms with Crippen LogP contribution in [0, 0.1) is 17.0 Å². The number of non-ortho nitro benzene ring substituents is 1. The summed E-state index contributed by atoms with van der Waals surface area (Å²) in [5.74, 6) is -0.393. The summed E-state index contributed by atoms with van der Waals surface area (Å²) >= 11 is 0. The third-order valence-electron chi connectivity index (χ3n) is 2.77. The van der Waals surface area contributed by atoms with Crippen molar-refractivity contribution in [1.82, 2.24) is 10.3 Å². The van der Waals surface area contributed by atoms with Gasteiger partial charge in [-0.05, 0) is 19.1 Å². The van der Waals surface area contributed by atoms with Crippen LogP contribution in [0.25, 0.3) is 10.9 Å². The number of nitrogens with one attached hydrogen (secondary N) is 1. The number of hydrogen-bond acceptors (Lipinski definition) is 5. The van der Waals surface area contributed by atoms with Gasteiger partial charge < -0.3 is 10.4 Å². The molecule has 0 saturated heterocycles. The Hall–Kier alpha value is -2.54. The number of nitro groups is 1. The molecule has 2 aromatic rings. The number of pyridine rings is 1. The van der Waals surface area contributed by atoms with Crippen molar-refractivity contribution in [3.8, 4) is 0 Å². The third-order valence-corrected chi connectivity index (χ3v) is 2.77. The molecule has 1 amide bonds. The summed E-state index contributed by atoms with van der Waals surface area (Å²) in [6.07, 6.45) is 0. The number of aliphatic hydroxyl groups excluding tert-OH is 1. The summed E-state index contributed by atoms with van der Waals surface area (Å²) < 4.78 is 0. The molecule has 104 valence electrons. The lowest BCUT2D eigenvalue weighted by molar-refractivity contribution is -0.384. The number of benzene rings is 1. The van der Waals surface area contributed by atoms with Crippen LogP contribution in [0.1, 0.15) is 16.1 Å². The second kappa shape index (κ2) is 5.62. The minimum atomic E-state index is -0.519. The van der Waals surface area contributed by atoms with Gasteiger partial charge in [0.05, 0.1) is 22.6 Å². The van der Waals surface area contributed by atoms with Crippen molar-refractivity contribution in [2.75, 3.05) is 13.2 Å². The molecular weight excluding hydrogens is 262 g/mol. The number of amides is 1. The first-order chi connectivity index (χ1) is 9.52. The summed E-state index contributed by atoms with van der Waals surface area (Å²) in [5, 5.41) is 22.5. The van der Waals surface area contributed by atoms with E-state index in [0.717, 1.165) is 0 Å². The fourth-order valence-electron chi connectivity index (χ4n) is 1.91. The molecule has 0 aliphatic heterocycles. The van der Waals surface area contributed by atoms with Crippen molar-refractivity contribution in [3.63, 3.8) is 0 Å². The highest BCUT2D eigenvalue weighted by Crippen LogP contribution is 2.23. The van der Waals surface area contributed by atoms with Gasteiger partial charge in [-0.15, -0.1) is 0 Å². The molecule has 0 bridgehead atoms. The molecule has 0 fully saturated rings. The van der Waals surface area contributed by atoms with Gasteiger partial charge in [-0.1, -0.05) is 0 Å². The number of carbonyl (C=O) groups excluding carboxylic acids is 1. The van der Waals surface area contributed by atoms with Gasteiger partial charge in [-0.25, -0.2) is 0 Å². The normalized spacial score (nSPS) is 10.5. The number of nitrogens with zero attached hydrogens (tertiary/aromatic N) is 2. The number of hydrogen-bond donors (Lipinski definition) is 2. The fraction of sp³-hybridized carbons (Fsp3) is 0.231. The van der Waals surface area contributed by atoms with E-state index >= 15 is 0 Å². The van der Waals surface area contributed by atoms with Gasteiger partial charge in [0.1, 0.15) is 0 Å². The maximum Gasteiger partial charge on any atom is 0.270 e. The Morgan fingerprint density at radius 2 is 2.20 bits per heavy atom. The van der Waals surface area contributed by atoms with Crippen molar-refractivity contribution in [2.24, 2.45) is 0 Å². The monoisotopic (exact) mass is 275 g/mol. The standard InChI is InChI=1S/C13H13N3O4/c1-8-6-11(13(18)14-4-5-17)10-7-9(16(19)20)2-3-12(10)15-8/h2-3,6-7,17H,4-5H2,1H3,(H,14,18). The van der Waals surface area contributed by atoms with Crippen molar-refractivity contribution in [3.05, 3.63) is 45.6 Å². The summed E-state index contributed by atoms with van der Waals surface area (Å²) in [6, 6.07) is 5.77. The summed E-state index contributed by atoms with van der Waals surface area (Å²) in [4.78, 5) is 26.6. The molecule has 0 aliphatic rings. The molecule has 1 heterocycles. The van der Waals surface area contributed by atoms with Crippen molar-refractivity contribution >= 4 is 22.5 Å². The molecule has 0 radical (unpaired) electrons. The topological polar surface area (TPSA) is 105 Å². The molecule has 7 nitrogen and oxygen atoms in total. The zero-order chi connectivity index (χ0) is 14.7. The van der Waals surface area contributed by atoms with Gasteiger partial charge in [0.25, 0.3) is 11.6 Å². The van der Waals surface area contributed by atoms with Gasteiger partial charge in [-0.3, -0.25) is 19.9 Å². The molecular formula is C13H13N3O4. The third kappa shape index (κ3) is 2.72. The Morgan fingerprint density at radius 1 is 1.45 bits per heavy atom. The van der Waals surface area contributed by atoms with E-state index in [9.17, 15) is 14.9 Å². The zero-order valence-corrected chi connectivity index (χ0v) is 10.8. The summed E-state index contributed by atoms with van der Waals surface area (Å²) in [7, 11) is 0. The summed E-state index contributed by atoms with van der Waals surface area (Å²) in [6.45, 7) is 1.69. The average Bonchev–Trinajstić information content (AvgIpc) is 2.43. The van der Waals surface area contributed by atoms with Crippen LogP contribution in [0.3, 0.4) is 0 Å². The lowest BCUT2D eigenvalue weighted by Gasteiger charge is -2.08. The summed E-state index contributed by atoms with van der Waals surface area (Å²) in [5.41, 5.74) is 1.37. The van der Waals surface area contributed by atoms with Crippen molar-refractivity contribution < 1.29 is 14.8 Å². The van der Waals surface area contributed by atoms with E-state index in [1.165, 1.54) is 18.2 Å². The number of aromatic nitrogens is 1. The first-order valence-electron chi connectivity index (χ1n) is 5.98. The number of rotatable bonds is 4. The quantitative estimate of drug-likeness (QED) is 0.643. The molecule has 2 N–H and O–H groups in total. The predicted molar refractivity (Wildman–Crippen MR) is 72.6 cm³/mol. The van der Waals surface area contributed by atoms with Crippen LogP contribution in [-0.4, -0.2) is 34.1 Å². The Kier molecular flexibility index (Phi) is 3.90. The Bertz CT molecular complexity index is 685. The van der Waals surface area contributed by atoms with Crippen LogP contribution in [0.15, 0.2) is 24.3 Å². The lowest BCUT2D eigenvalue weighted by atomic mass is 10.1. The van der Waals surface area contributed by atoms with E-state index in [2.05, 4.69) is 10.3 Å². The van der Waals surface area contributed by atoms with Gasteiger partial charge in [0, 0.05) is 29.8 Å². The number of nitro benzene ring substituents is 1. The van der Waals surface area contributed by atoms with E-state index in [-0.39, 0.29) is 18.8 Å². The van der Waals surface area contributed by atoms with E-state index in [0.29, 0.717) is 22.2 Å². The van der Waals surface area contributed by atoms with Gasteiger partial charge >= 0.3 is 0 Å². The van der Waals surface area contributed by atoms with Crippen molar-refractivity contribution in [1.29, 1.82) is 0 Å². The average molecular weight is 275 g/mol. The van der Waals surface area contributed by atoms with Gasteiger partial charge in [0.2, 0.25) is 0 Å². The zero-order valence-electron chi connectivity index (χ0n) is 10.8. The van der Waals surface area contributed by atoms with Crippen molar-refractivity contribution in [2.45, 2.75) is 6.92 Å². The Balaban J connectivity index is 2.58. The minimum absolute atomic E-state index is 0.0978. The van der Waals surface area contributed by atoms with Gasteiger partial charge in [-0.2, -0.15) is 0 Å². The van der Waals surface area contributed by atoms with E-state index in [1.54, 1.807) is 13.0 Å². The Morgan fingerprint density at radius 3 is 2.85 bits per heavy atom. The minimum Gasteiger partial charge on any atom is -0.395 e. The molecule has 7 heteroatoms. The highest BCUT2D eigenvalue weighted by molar-refractivity contribution is 6.06. The second-order valence-corrected chi connectivity index (χ2v) is 4.25. The maximum atomic E-state index is 12.0. The molecule has 0 spiro atoms. The SMILES string of the molecule is Cc1cc(C(=O)NCCO)c2cc([N+](=O)[O-])ccc2n1. The highest BCUT2D eigenvalue weighted by atomic mass is 16.6. The Labute approximate surface area is 114 Å². The lowest BCUT2D eigenvalue weighted by Crippen LogP contribution is -2.26. The number of fused-ring (bicyclic) bond motifs is 1. The van der Waals surface area contributed by atoms with E-state index in [1.807, 2.05) is 0 Å². The molecule has 1 aromatic carbocycles. The molecule has 1 aromatic heterocycles. The van der Waals surface area contributed by atoms with E-state index in [4.69, 9.17) is 5.11 Å². The molecule has 0 unspecified atom stereocenters. The molecule has 0 aliphatic carbocycles. The van der Waals surface area contributed by atoms with Crippen LogP contribution in [0.4, 0.5) is 5.69 Å². The predicted octanol–water partition coefficient (Wildman–Crippen LogP) is 1.17. The molecule has 2 rings (SSSR count). The second-order valence-electron chi connectivity index (χ2n) is 4.25. The first kappa shape index (κ1) is 13.9. The van der Waals surface area contributed by atoms with Crippen LogP contribution in [0.2, 0.25) is 0 Å². The number of aliphatic hydroxyl groups is 1. The highest BCUT2D eigenvalue weighted by Gasteiger charge is 2.15. The molecule has 0 atom stereocenters. The maximum absolute atomic E-state index is 12.0. The largest absolute Gasteiger partial charge is 0.395 e. The van der Waals surface area contributed by atoms with Crippen LogP contribution < -0.4 is 5.32 Å². The molecule has 0 saturated carbocycles. The number of carbonyl (C=O) groups is 1. The smallest absolute Gasteiger partial charge is 0.270 e. The first-order valence-corrected chi connectivity index (χ1v) is 5.98. The molecule has 20 heavy (non-hydrogen) atoms. The van der Waals surface area contributed by atoms with E-state index < -0.39 is 10.8 Å². The number of aryl methyl sites for hydroxylation is 1. The van der Waals surface area contributed by atoms with Crippen LogP contribution >= 0.6 is 0 Å². The van der Waals surface area contributed by atoms with Crippen LogP contribution in [0.5, 0.6) is 0 Å². The van der Waals surface area contributed by atoms with Crippen LogP contribution in [-0.2, 0) is 0 Å². The van der Waals surface area contributed by atoms with Gasteiger partial charge in [0.15, 0.2) is 0 Å².